The molecule has 35 heavy (non-hydrogen) atoms. The van der Waals surface area contributed by atoms with E-state index in [1.165, 1.54) is 16.4 Å². The van der Waals surface area contributed by atoms with Crippen LogP contribution in [0.2, 0.25) is 0 Å². The average molecular weight is 513 g/mol. The SMILES string of the molecule is CCCCn1c(SCn2nnc3ccccc3c2=O)nc2cc(S(=O)(=O)N3CCCCC3)ccc21. The molecule has 9 nitrogen and oxygen atoms in total. The van der Waals surface area contributed by atoms with E-state index in [1.807, 2.05) is 18.2 Å². The van der Waals surface area contributed by atoms with Crippen molar-refractivity contribution in [1.82, 2.24) is 28.9 Å². The Bertz CT molecular complexity index is 1520. The second kappa shape index (κ2) is 10.1. The molecule has 184 valence electrons. The lowest BCUT2D eigenvalue weighted by atomic mass is 10.2. The third-order valence-corrected chi connectivity index (χ3v) is 9.16. The summed E-state index contributed by atoms with van der Waals surface area (Å²) in [6.45, 7) is 4.01. The van der Waals surface area contributed by atoms with Crippen LogP contribution in [0.1, 0.15) is 39.0 Å². The predicted octanol–water partition coefficient (Wildman–Crippen LogP) is 3.87. The van der Waals surface area contributed by atoms with E-state index in [9.17, 15) is 13.2 Å². The number of sulfonamides is 1. The molecule has 0 amide bonds. The van der Waals surface area contributed by atoms with Gasteiger partial charge in [-0.15, -0.1) is 5.10 Å². The predicted molar refractivity (Wildman–Crippen MR) is 137 cm³/mol. The summed E-state index contributed by atoms with van der Waals surface area (Å²) in [7, 11) is -3.54. The lowest BCUT2D eigenvalue weighted by molar-refractivity contribution is 0.346. The first-order valence-electron chi connectivity index (χ1n) is 11.9. The van der Waals surface area contributed by atoms with Crippen LogP contribution < -0.4 is 5.56 Å². The Labute approximate surface area is 208 Å². The maximum absolute atomic E-state index is 13.2. The topological polar surface area (TPSA) is 103 Å². The molecule has 2 aromatic carbocycles. The first-order valence-corrected chi connectivity index (χ1v) is 14.4. The summed E-state index contributed by atoms with van der Waals surface area (Å²) in [6.07, 6.45) is 4.83. The second-order valence-electron chi connectivity index (χ2n) is 8.70. The minimum absolute atomic E-state index is 0.200. The molecule has 0 saturated carbocycles. The van der Waals surface area contributed by atoms with Gasteiger partial charge in [-0.1, -0.05) is 48.9 Å². The van der Waals surface area contributed by atoms with Crippen LogP contribution in [0.5, 0.6) is 0 Å². The summed E-state index contributed by atoms with van der Waals surface area (Å²) in [5.41, 5.74) is 1.89. The zero-order chi connectivity index (χ0) is 24.4. The van der Waals surface area contributed by atoms with E-state index in [0.29, 0.717) is 29.5 Å². The minimum atomic E-state index is -3.54. The lowest BCUT2D eigenvalue weighted by Crippen LogP contribution is -2.35. The minimum Gasteiger partial charge on any atom is -0.319 e. The van der Waals surface area contributed by atoms with Gasteiger partial charge in [0.15, 0.2) is 5.16 Å². The summed E-state index contributed by atoms with van der Waals surface area (Å²) < 4.78 is 31.4. The maximum atomic E-state index is 13.2. The maximum Gasteiger partial charge on any atom is 0.278 e. The van der Waals surface area contributed by atoms with Crippen molar-refractivity contribution in [3.63, 3.8) is 0 Å². The molecule has 11 heteroatoms. The number of aryl methyl sites for hydroxylation is 1. The van der Waals surface area contributed by atoms with Crippen molar-refractivity contribution >= 4 is 43.7 Å². The highest BCUT2D eigenvalue weighted by atomic mass is 32.2. The summed E-state index contributed by atoms with van der Waals surface area (Å²) in [6, 6.07) is 12.3. The summed E-state index contributed by atoms with van der Waals surface area (Å²) in [5, 5.41) is 9.48. The number of thioether (sulfide) groups is 1. The molecule has 0 unspecified atom stereocenters. The third kappa shape index (κ3) is 4.72. The summed E-state index contributed by atoms with van der Waals surface area (Å²) >= 11 is 1.39. The number of rotatable bonds is 8. The van der Waals surface area contributed by atoms with Crippen LogP contribution in [0.4, 0.5) is 0 Å². The van der Waals surface area contributed by atoms with Crippen molar-refractivity contribution in [1.29, 1.82) is 0 Å². The molecule has 1 fully saturated rings. The summed E-state index contributed by atoms with van der Waals surface area (Å²) in [5.74, 6) is 0.255. The molecule has 0 radical (unpaired) electrons. The van der Waals surface area contributed by atoms with Crippen LogP contribution >= 0.6 is 11.8 Å². The number of hydrogen-bond donors (Lipinski definition) is 0. The number of fused-ring (bicyclic) bond motifs is 2. The molecule has 4 aromatic rings. The second-order valence-corrected chi connectivity index (χ2v) is 11.5. The van der Waals surface area contributed by atoms with Crippen LogP contribution in [0.15, 0.2) is 57.3 Å². The highest BCUT2D eigenvalue weighted by molar-refractivity contribution is 7.98. The van der Waals surface area contributed by atoms with Crippen LogP contribution in [-0.4, -0.2) is 50.4 Å². The van der Waals surface area contributed by atoms with E-state index in [-0.39, 0.29) is 16.3 Å². The van der Waals surface area contributed by atoms with Gasteiger partial charge in [-0.05, 0) is 49.6 Å². The molecule has 1 aliphatic heterocycles. The monoisotopic (exact) mass is 512 g/mol. The van der Waals surface area contributed by atoms with E-state index < -0.39 is 10.0 Å². The van der Waals surface area contributed by atoms with E-state index in [0.717, 1.165) is 49.3 Å². The fourth-order valence-electron chi connectivity index (χ4n) is 4.37. The first kappa shape index (κ1) is 24.0. The Kier molecular flexibility index (Phi) is 6.90. The molecular formula is C24H28N6O3S2. The van der Waals surface area contributed by atoms with Crippen molar-refractivity contribution in [3.8, 4) is 0 Å². The molecule has 0 N–H and O–H groups in total. The number of imidazole rings is 1. The van der Waals surface area contributed by atoms with E-state index >= 15 is 0 Å². The molecule has 0 bridgehead atoms. The number of unbranched alkanes of at least 4 members (excludes halogenated alkanes) is 1. The van der Waals surface area contributed by atoms with Gasteiger partial charge in [-0.25, -0.2) is 13.4 Å². The van der Waals surface area contributed by atoms with Crippen molar-refractivity contribution in [2.75, 3.05) is 13.1 Å². The van der Waals surface area contributed by atoms with Crippen LogP contribution in [0, 0.1) is 0 Å². The number of nitrogens with zero attached hydrogens (tertiary/aromatic N) is 6. The number of aromatic nitrogens is 5. The van der Waals surface area contributed by atoms with Crippen molar-refractivity contribution in [3.05, 3.63) is 52.8 Å². The Balaban J connectivity index is 1.47. The fraction of sp³-hybridized carbons (Fsp3) is 0.417. The van der Waals surface area contributed by atoms with Gasteiger partial charge in [0.05, 0.1) is 27.2 Å². The highest BCUT2D eigenvalue weighted by Gasteiger charge is 2.27. The molecule has 1 aliphatic rings. The van der Waals surface area contributed by atoms with E-state index in [4.69, 9.17) is 4.98 Å². The Morgan fingerprint density at radius 2 is 1.83 bits per heavy atom. The van der Waals surface area contributed by atoms with E-state index in [1.54, 1.807) is 28.6 Å². The fourth-order valence-corrected chi connectivity index (χ4v) is 6.82. The first-order chi connectivity index (χ1) is 17.0. The molecule has 2 aromatic heterocycles. The van der Waals surface area contributed by atoms with Gasteiger partial charge in [-0.3, -0.25) is 4.79 Å². The molecular weight excluding hydrogens is 484 g/mol. The zero-order valence-corrected chi connectivity index (χ0v) is 21.3. The van der Waals surface area contributed by atoms with Crippen LogP contribution in [-0.2, 0) is 22.4 Å². The standard InChI is InChI=1S/C24H28N6O3S2/c1-2-3-15-29-22-12-11-18(35(32,33)28-13-7-4-8-14-28)16-21(22)25-24(29)34-17-30-23(31)19-9-5-6-10-20(19)26-27-30/h5-6,9-12,16H,2-4,7-8,13-15,17H2,1H3. The normalized spacial score (nSPS) is 15.2. The quantitative estimate of drug-likeness (QED) is 0.330. The van der Waals surface area contributed by atoms with Gasteiger partial charge in [0, 0.05) is 19.6 Å². The van der Waals surface area contributed by atoms with Crippen molar-refractivity contribution in [2.24, 2.45) is 0 Å². The van der Waals surface area contributed by atoms with E-state index in [2.05, 4.69) is 21.8 Å². The van der Waals surface area contributed by atoms with Gasteiger partial charge in [0.25, 0.3) is 5.56 Å². The number of piperidine rings is 1. The molecule has 0 aliphatic carbocycles. The average Bonchev–Trinajstić information content (AvgIpc) is 3.24. The third-order valence-electron chi connectivity index (χ3n) is 6.32. The van der Waals surface area contributed by atoms with Gasteiger partial charge in [0.1, 0.15) is 5.52 Å². The zero-order valence-electron chi connectivity index (χ0n) is 19.6. The largest absolute Gasteiger partial charge is 0.319 e. The van der Waals surface area contributed by atoms with Crippen molar-refractivity contribution < 1.29 is 8.42 Å². The lowest BCUT2D eigenvalue weighted by Gasteiger charge is -2.25. The smallest absolute Gasteiger partial charge is 0.278 e. The van der Waals surface area contributed by atoms with Gasteiger partial charge in [0.2, 0.25) is 10.0 Å². The van der Waals surface area contributed by atoms with Crippen LogP contribution in [0.3, 0.4) is 0 Å². The Morgan fingerprint density at radius 1 is 1.03 bits per heavy atom. The molecule has 3 heterocycles. The summed E-state index contributed by atoms with van der Waals surface area (Å²) in [4.78, 5) is 17.9. The molecule has 0 atom stereocenters. The van der Waals surface area contributed by atoms with Gasteiger partial charge in [-0.2, -0.15) is 8.99 Å². The Morgan fingerprint density at radius 3 is 2.63 bits per heavy atom. The molecule has 5 rings (SSSR count). The van der Waals surface area contributed by atoms with Gasteiger partial charge < -0.3 is 4.57 Å². The highest BCUT2D eigenvalue weighted by Crippen LogP contribution is 2.29. The molecule has 1 saturated heterocycles. The number of benzene rings is 2. The van der Waals surface area contributed by atoms with Crippen molar-refractivity contribution in [2.45, 2.75) is 61.5 Å². The van der Waals surface area contributed by atoms with Crippen LogP contribution in [0.25, 0.3) is 21.9 Å². The van der Waals surface area contributed by atoms with Gasteiger partial charge >= 0.3 is 0 Å². The number of hydrogen-bond acceptors (Lipinski definition) is 7. The molecule has 0 spiro atoms. The Hall–Kier alpha value is -2.76.